The molecule has 20 heavy (non-hydrogen) atoms. The first kappa shape index (κ1) is 15.5. The van der Waals surface area contributed by atoms with Crippen LogP contribution in [0.4, 0.5) is 0 Å². The van der Waals surface area contributed by atoms with Gasteiger partial charge >= 0.3 is 0 Å². The van der Waals surface area contributed by atoms with Gasteiger partial charge in [0.05, 0.1) is 0 Å². The van der Waals surface area contributed by atoms with Crippen LogP contribution in [0.3, 0.4) is 0 Å². The zero-order chi connectivity index (χ0) is 14.1. The van der Waals surface area contributed by atoms with Crippen molar-refractivity contribution in [3.05, 3.63) is 11.6 Å². The van der Waals surface area contributed by atoms with Gasteiger partial charge in [-0.15, -0.1) is 0 Å². The third-order valence-corrected chi connectivity index (χ3v) is 4.84. The molecular formula is C14H19N2O3V+. The molecule has 4 atom stereocenters. The number of fused-ring (bicyclic) bond motifs is 3. The van der Waals surface area contributed by atoms with Gasteiger partial charge in [0.2, 0.25) is 5.91 Å². The zero-order valence-electron chi connectivity index (χ0n) is 12.4. The number of carbonyl (C=O) groups is 2. The van der Waals surface area contributed by atoms with E-state index in [1.807, 2.05) is 33.9 Å². The molecule has 3 aliphatic rings. The Kier molecular flexibility index (Phi) is 3.52. The van der Waals surface area contributed by atoms with Gasteiger partial charge in [-0.2, -0.15) is 0 Å². The van der Waals surface area contributed by atoms with E-state index in [0.717, 1.165) is 11.3 Å². The van der Waals surface area contributed by atoms with Crippen LogP contribution in [0, 0.1) is 5.92 Å². The maximum Gasteiger partial charge on any atom is 0.259 e. The molecule has 0 spiro atoms. The quantitative estimate of drug-likeness (QED) is 0.474. The summed E-state index contributed by atoms with van der Waals surface area (Å²) in [6.07, 6.45) is 1.41. The van der Waals surface area contributed by atoms with Crippen molar-refractivity contribution in [2.75, 3.05) is 14.1 Å². The fraction of sp³-hybridized carbons (Fsp3) is 0.643. The average Bonchev–Trinajstić information content (AvgIpc) is 2.75. The Hall–Kier alpha value is -0.906. The molecule has 3 heterocycles. The fourth-order valence-electron chi connectivity index (χ4n) is 3.70. The number of allylic oxidation sites excluding steroid dienone is 1. The number of likely N-dealkylation sites (N-methyl/N-ethyl adjacent to an activating group) is 2. The largest absolute Gasteiger partial charge is 0.350 e. The molecule has 0 bridgehead atoms. The van der Waals surface area contributed by atoms with Crippen molar-refractivity contribution in [2.24, 2.45) is 5.92 Å². The minimum atomic E-state index is -0.634. The predicted molar refractivity (Wildman–Crippen MR) is 69.0 cm³/mol. The standard InChI is InChI=1S/C14H19N2O3.V/c1-7-6-14(3)11(15(4)8(7)2)9-10(19-14)13(18)16(5)12(9)17;/h6,9-11H,1-5H3;/q+1;. The molecule has 0 aromatic carbocycles. The predicted octanol–water partition coefficient (Wildman–Crippen LogP) is 0.188. The van der Waals surface area contributed by atoms with Crippen molar-refractivity contribution in [1.82, 2.24) is 4.90 Å². The summed E-state index contributed by atoms with van der Waals surface area (Å²) in [5.41, 5.74) is 1.69. The number of hydrogen-bond donors (Lipinski definition) is 0. The smallest absolute Gasteiger partial charge is 0.259 e. The number of imide groups is 1. The number of nitrogens with zero attached hydrogens (tertiary/aromatic N) is 2. The van der Waals surface area contributed by atoms with Gasteiger partial charge < -0.3 is 4.74 Å². The van der Waals surface area contributed by atoms with Crippen molar-refractivity contribution in [2.45, 2.75) is 38.5 Å². The van der Waals surface area contributed by atoms with E-state index in [0.29, 0.717) is 0 Å². The minimum Gasteiger partial charge on any atom is -0.350 e. The van der Waals surface area contributed by atoms with Crippen LogP contribution in [0.5, 0.6) is 0 Å². The van der Waals surface area contributed by atoms with Crippen LogP contribution in [-0.4, -0.2) is 58.8 Å². The Morgan fingerprint density at radius 3 is 2.50 bits per heavy atom. The van der Waals surface area contributed by atoms with E-state index in [-0.39, 0.29) is 36.4 Å². The zero-order valence-corrected chi connectivity index (χ0v) is 13.8. The van der Waals surface area contributed by atoms with Gasteiger partial charge in [0, 0.05) is 38.1 Å². The molecule has 2 amide bonds. The minimum absolute atomic E-state index is 0. The van der Waals surface area contributed by atoms with Crippen LogP contribution in [0.2, 0.25) is 0 Å². The number of likely N-dealkylation sites (tertiary alicyclic amines) is 1. The third-order valence-electron chi connectivity index (χ3n) is 4.84. The molecule has 0 aliphatic carbocycles. The van der Waals surface area contributed by atoms with Crippen molar-refractivity contribution in [3.63, 3.8) is 0 Å². The summed E-state index contributed by atoms with van der Waals surface area (Å²) in [6.45, 7) is 6.02. The van der Waals surface area contributed by atoms with Crippen LogP contribution in [0.1, 0.15) is 20.8 Å². The first-order valence-corrected chi connectivity index (χ1v) is 6.53. The van der Waals surface area contributed by atoms with E-state index in [1.165, 1.54) is 11.9 Å². The Balaban J connectivity index is 0.00000147. The average molecular weight is 314 g/mol. The molecule has 1 radical (unpaired) electrons. The van der Waals surface area contributed by atoms with Gasteiger partial charge in [-0.25, -0.2) is 4.58 Å². The second kappa shape index (κ2) is 4.55. The van der Waals surface area contributed by atoms with Crippen molar-refractivity contribution < 1.29 is 37.5 Å². The summed E-state index contributed by atoms with van der Waals surface area (Å²) < 4.78 is 8.06. The van der Waals surface area contributed by atoms with Gasteiger partial charge in [0.1, 0.15) is 18.6 Å². The van der Waals surface area contributed by atoms with E-state index in [9.17, 15) is 9.59 Å². The fourth-order valence-corrected chi connectivity index (χ4v) is 3.70. The number of hydrogen-bond acceptors (Lipinski definition) is 3. The molecule has 3 rings (SSSR count). The van der Waals surface area contributed by atoms with Gasteiger partial charge in [0.15, 0.2) is 17.9 Å². The molecule has 4 unspecified atom stereocenters. The van der Waals surface area contributed by atoms with Crippen molar-refractivity contribution in [1.29, 1.82) is 0 Å². The van der Waals surface area contributed by atoms with Gasteiger partial charge in [0.25, 0.3) is 5.91 Å². The van der Waals surface area contributed by atoms with Gasteiger partial charge in [-0.05, 0) is 19.9 Å². The molecule has 3 aliphatic heterocycles. The van der Waals surface area contributed by atoms with Gasteiger partial charge in [-0.3, -0.25) is 14.5 Å². The topological polar surface area (TPSA) is 49.6 Å². The Bertz CT molecular complexity index is 569. The molecule has 0 saturated carbocycles. The van der Waals surface area contributed by atoms with Crippen LogP contribution < -0.4 is 0 Å². The van der Waals surface area contributed by atoms with Crippen LogP contribution >= 0.6 is 0 Å². The third kappa shape index (κ3) is 1.70. The Morgan fingerprint density at radius 1 is 1.30 bits per heavy atom. The summed E-state index contributed by atoms with van der Waals surface area (Å²) in [4.78, 5) is 25.6. The normalized spacial score (nSPS) is 39.5. The first-order valence-electron chi connectivity index (χ1n) is 6.53. The summed E-state index contributed by atoms with van der Waals surface area (Å²) in [5, 5.41) is 0. The Morgan fingerprint density at radius 2 is 1.90 bits per heavy atom. The maximum absolute atomic E-state index is 12.3. The monoisotopic (exact) mass is 314 g/mol. The van der Waals surface area contributed by atoms with E-state index >= 15 is 0 Å². The molecule has 0 N–H and O–H groups in total. The second-order valence-corrected chi connectivity index (χ2v) is 5.95. The summed E-state index contributed by atoms with van der Waals surface area (Å²) >= 11 is 0. The molecule has 6 heteroatoms. The van der Waals surface area contributed by atoms with Gasteiger partial charge in [-0.1, -0.05) is 0 Å². The molecule has 107 valence electrons. The van der Waals surface area contributed by atoms with E-state index in [2.05, 4.69) is 4.58 Å². The SMILES string of the molecule is CC1=CC2(C)OC3C(=O)N(C)C(=O)C3C2[N+](C)=C1C.[V]. The molecule has 0 aromatic rings. The summed E-state index contributed by atoms with van der Waals surface area (Å²) in [5.74, 6) is -0.745. The second-order valence-electron chi connectivity index (χ2n) is 5.95. The number of amides is 2. The summed E-state index contributed by atoms with van der Waals surface area (Å²) in [6, 6.07) is -0.109. The van der Waals surface area contributed by atoms with E-state index in [1.54, 1.807) is 0 Å². The van der Waals surface area contributed by atoms with Crippen LogP contribution in [-0.2, 0) is 32.9 Å². The molecular weight excluding hydrogens is 295 g/mol. The van der Waals surface area contributed by atoms with E-state index in [4.69, 9.17) is 4.74 Å². The molecule has 2 saturated heterocycles. The first-order chi connectivity index (χ1) is 8.78. The summed E-state index contributed by atoms with van der Waals surface area (Å²) in [7, 11) is 3.50. The number of ether oxygens (including phenoxy) is 1. The Labute approximate surface area is 130 Å². The van der Waals surface area contributed by atoms with Crippen molar-refractivity contribution in [3.8, 4) is 0 Å². The number of carbonyl (C=O) groups excluding carboxylic acids is 2. The molecule has 5 nitrogen and oxygen atoms in total. The van der Waals surface area contributed by atoms with Crippen LogP contribution in [0.25, 0.3) is 0 Å². The van der Waals surface area contributed by atoms with E-state index < -0.39 is 17.6 Å². The van der Waals surface area contributed by atoms with Crippen LogP contribution in [0.15, 0.2) is 11.6 Å². The molecule has 0 aromatic heterocycles. The van der Waals surface area contributed by atoms with Crippen molar-refractivity contribution >= 4 is 17.5 Å². The maximum atomic E-state index is 12.3. The number of rotatable bonds is 0. The molecule has 2 fully saturated rings.